The molecule has 2 aromatic carbocycles. The van der Waals surface area contributed by atoms with Gasteiger partial charge in [-0.25, -0.2) is 0 Å². The van der Waals surface area contributed by atoms with Crippen LogP contribution in [0, 0.1) is 11.8 Å². The van der Waals surface area contributed by atoms with Gasteiger partial charge in [0.05, 0.1) is 5.60 Å². The van der Waals surface area contributed by atoms with E-state index in [9.17, 15) is 9.90 Å². The van der Waals surface area contributed by atoms with Gasteiger partial charge in [0.1, 0.15) is 0 Å². The van der Waals surface area contributed by atoms with Crippen molar-refractivity contribution >= 4 is 17.7 Å². The first-order valence-electron chi connectivity index (χ1n) is 10.4. The van der Waals surface area contributed by atoms with Crippen LogP contribution in [0.15, 0.2) is 60.7 Å². The summed E-state index contributed by atoms with van der Waals surface area (Å²) >= 11 is 0. The van der Waals surface area contributed by atoms with Crippen LogP contribution in [0.25, 0.3) is 6.08 Å². The van der Waals surface area contributed by atoms with E-state index in [2.05, 4.69) is 17.4 Å². The molecular weight excluding hydrogens is 346 g/mol. The summed E-state index contributed by atoms with van der Waals surface area (Å²) in [5.74, 6) is 1.23. The first-order valence-corrected chi connectivity index (χ1v) is 10.4. The lowest BCUT2D eigenvalue weighted by Gasteiger charge is -2.60. The van der Waals surface area contributed by atoms with E-state index in [-0.39, 0.29) is 11.3 Å². The monoisotopic (exact) mass is 373 g/mol. The van der Waals surface area contributed by atoms with E-state index in [0.717, 1.165) is 30.5 Å². The van der Waals surface area contributed by atoms with Gasteiger partial charge in [-0.15, -0.1) is 0 Å². The third-order valence-corrected chi connectivity index (χ3v) is 7.02. The summed E-state index contributed by atoms with van der Waals surface area (Å²) < 4.78 is 0. The zero-order valence-electron chi connectivity index (χ0n) is 16.1. The molecule has 2 aromatic rings. The van der Waals surface area contributed by atoms with E-state index in [0.29, 0.717) is 11.8 Å². The molecule has 6 rings (SSSR count). The molecule has 0 unspecified atom stereocenters. The van der Waals surface area contributed by atoms with Gasteiger partial charge in [-0.1, -0.05) is 42.5 Å². The second-order valence-corrected chi connectivity index (χ2v) is 9.28. The van der Waals surface area contributed by atoms with Crippen LogP contribution in [0.3, 0.4) is 0 Å². The minimum Gasteiger partial charge on any atom is -0.390 e. The lowest BCUT2D eigenvalue weighted by atomic mass is 9.46. The standard InChI is InChI=1S/C25H27NO2/c27-23(11-6-18-4-2-1-3-5-18)26-22-9-7-21(8-10-22)24-13-19-12-20(14-24)16-25(28,15-19)17-24/h1-11,19-20,28H,12-17H2,(H,26,27)/b11-6-/t19-,20-,24?,25?/m1/s1. The van der Waals surface area contributed by atoms with Gasteiger partial charge in [-0.3, -0.25) is 4.79 Å². The molecule has 0 saturated heterocycles. The molecule has 28 heavy (non-hydrogen) atoms. The Hall–Kier alpha value is -2.39. The van der Waals surface area contributed by atoms with Crippen molar-refractivity contribution in [3.63, 3.8) is 0 Å². The summed E-state index contributed by atoms with van der Waals surface area (Å²) in [6.07, 6.45) is 9.98. The molecule has 0 heterocycles. The van der Waals surface area contributed by atoms with Crippen molar-refractivity contribution in [2.24, 2.45) is 11.8 Å². The average molecular weight is 373 g/mol. The van der Waals surface area contributed by atoms with E-state index in [1.54, 1.807) is 6.08 Å². The minimum absolute atomic E-state index is 0.124. The number of aliphatic hydroxyl groups is 1. The number of amides is 1. The van der Waals surface area contributed by atoms with E-state index >= 15 is 0 Å². The molecule has 2 N–H and O–H groups in total. The molecule has 0 aliphatic heterocycles. The first kappa shape index (κ1) is 17.7. The third kappa shape index (κ3) is 3.29. The summed E-state index contributed by atoms with van der Waals surface area (Å²) in [7, 11) is 0. The molecule has 4 bridgehead atoms. The molecule has 4 saturated carbocycles. The highest BCUT2D eigenvalue weighted by atomic mass is 16.3. The number of hydrogen-bond donors (Lipinski definition) is 2. The van der Waals surface area contributed by atoms with Crippen LogP contribution >= 0.6 is 0 Å². The van der Waals surface area contributed by atoms with Crippen molar-refractivity contribution in [3.05, 3.63) is 71.8 Å². The smallest absolute Gasteiger partial charge is 0.248 e. The molecule has 0 spiro atoms. The Kier molecular flexibility index (Phi) is 4.17. The number of carbonyl (C=O) groups is 1. The number of benzene rings is 2. The summed E-state index contributed by atoms with van der Waals surface area (Å²) in [4.78, 5) is 12.2. The van der Waals surface area contributed by atoms with Gasteiger partial charge in [0, 0.05) is 11.8 Å². The Morgan fingerprint density at radius 1 is 0.964 bits per heavy atom. The molecule has 1 amide bonds. The van der Waals surface area contributed by atoms with Crippen LogP contribution in [-0.2, 0) is 10.2 Å². The maximum Gasteiger partial charge on any atom is 0.248 e. The van der Waals surface area contributed by atoms with Gasteiger partial charge in [0.15, 0.2) is 0 Å². The van der Waals surface area contributed by atoms with Crippen molar-refractivity contribution in [2.45, 2.75) is 49.5 Å². The van der Waals surface area contributed by atoms with E-state index in [4.69, 9.17) is 0 Å². The Morgan fingerprint density at radius 2 is 1.64 bits per heavy atom. The fourth-order valence-corrected chi connectivity index (χ4v) is 6.38. The van der Waals surface area contributed by atoms with Crippen LogP contribution < -0.4 is 5.32 Å². The van der Waals surface area contributed by atoms with Crippen molar-refractivity contribution < 1.29 is 9.90 Å². The Labute approximate surface area is 166 Å². The lowest BCUT2D eigenvalue weighted by molar-refractivity contribution is -0.137. The summed E-state index contributed by atoms with van der Waals surface area (Å²) in [5, 5.41) is 13.9. The zero-order chi connectivity index (χ0) is 19.2. The Morgan fingerprint density at radius 3 is 2.29 bits per heavy atom. The predicted octanol–water partition coefficient (Wildman–Crippen LogP) is 4.92. The van der Waals surface area contributed by atoms with Crippen LogP contribution in [0.4, 0.5) is 5.69 Å². The van der Waals surface area contributed by atoms with E-state index in [1.165, 1.54) is 24.8 Å². The fraction of sp³-hybridized carbons (Fsp3) is 0.400. The second kappa shape index (κ2) is 6.59. The zero-order valence-corrected chi connectivity index (χ0v) is 16.1. The third-order valence-electron chi connectivity index (χ3n) is 7.02. The van der Waals surface area contributed by atoms with Gasteiger partial charge in [0.2, 0.25) is 5.91 Å². The Balaban J connectivity index is 1.29. The SMILES string of the molecule is O=C(/C=C\c1ccccc1)Nc1ccc(C23C[C@H]4C[C@@H](CC(O)(C4)C2)C3)cc1. The lowest BCUT2D eigenvalue weighted by Crippen LogP contribution is -2.57. The van der Waals surface area contributed by atoms with Crippen LogP contribution in [0.5, 0.6) is 0 Å². The van der Waals surface area contributed by atoms with Crippen LogP contribution in [0.2, 0.25) is 0 Å². The number of rotatable bonds is 4. The largest absolute Gasteiger partial charge is 0.390 e. The predicted molar refractivity (Wildman–Crippen MR) is 112 cm³/mol. The highest BCUT2D eigenvalue weighted by Crippen LogP contribution is 2.62. The molecule has 0 aromatic heterocycles. The molecule has 144 valence electrons. The summed E-state index contributed by atoms with van der Waals surface area (Å²) in [6.45, 7) is 0. The molecule has 0 radical (unpaired) electrons. The molecule has 4 fully saturated rings. The van der Waals surface area contributed by atoms with E-state index < -0.39 is 5.60 Å². The highest BCUT2D eigenvalue weighted by molar-refractivity contribution is 6.01. The number of anilines is 1. The quantitative estimate of drug-likeness (QED) is 0.747. The maximum absolute atomic E-state index is 12.2. The first-order chi connectivity index (χ1) is 13.5. The molecule has 4 aliphatic carbocycles. The Bertz CT molecular complexity index is 886. The molecular formula is C25H27NO2. The van der Waals surface area contributed by atoms with Gasteiger partial charge < -0.3 is 10.4 Å². The molecule has 3 heteroatoms. The van der Waals surface area contributed by atoms with Crippen molar-refractivity contribution in [1.82, 2.24) is 0 Å². The van der Waals surface area contributed by atoms with Crippen molar-refractivity contribution in [3.8, 4) is 0 Å². The summed E-state index contributed by atoms with van der Waals surface area (Å²) in [5.41, 5.74) is 2.84. The molecule has 2 atom stereocenters. The maximum atomic E-state index is 12.2. The highest BCUT2D eigenvalue weighted by Gasteiger charge is 2.57. The molecule has 3 nitrogen and oxygen atoms in total. The minimum atomic E-state index is -0.445. The fourth-order valence-electron chi connectivity index (χ4n) is 6.38. The molecule has 4 aliphatic rings. The van der Waals surface area contributed by atoms with Gasteiger partial charge in [0.25, 0.3) is 0 Å². The van der Waals surface area contributed by atoms with Crippen LogP contribution in [0.1, 0.15) is 49.7 Å². The normalized spacial score (nSPS) is 33.3. The average Bonchev–Trinajstić information content (AvgIpc) is 2.66. The topological polar surface area (TPSA) is 49.3 Å². The number of hydrogen-bond acceptors (Lipinski definition) is 2. The van der Waals surface area contributed by atoms with Gasteiger partial charge >= 0.3 is 0 Å². The number of carbonyl (C=O) groups excluding carboxylic acids is 1. The van der Waals surface area contributed by atoms with Crippen molar-refractivity contribution in [1.29, 1.82) is 0 Å². The second-order valence-electron chi connectivity index (χ2n) is 9.28. The van der Waals surface area contributed by atoms with Crippen molar-refractivity contribution in [2.75, 3.05) is 5.32 Å². The van der Waals surface area contributed by atoms with Gasteiger partial charge in [-0.05, 0) is 85.1 Å². The van der Waals surface area contributed by atoms with Gasteiger partial charge in [-0.2, -0.15) is 0 Å². The summed E-state index contributed by atoms with van der Waals surface area (Å²) in [6, 6.07) is 18.1. The van der Waals surface area contributed by atoms with Crippen LogP contribution in [-0.4, -0.2) is 16.6 Å². The number of nitrogens with one attached hydrogen (secondary N) is 1. The van der Waals surface area contributed by atoms with E-state index in [1.807, 2.05) is 48.5 Å².